The molecule has 0 aliphatic carbocycles. The molecule has 0 spiro atoms. The molecular weight excluding hydrogens is 275 g/mol. The Kier molecular flexibility index (Phi) is 2.97. The highest BCUT2D eigenvalue weighted by Crippen LogP contribution is 2.55. The molecular formula is C13H14F3NO3. The third-order valence-electron chi connectivity index (χ3n) is 3.84. The summed E-state index contributed by atoms with van der Waals surface area (Å²) in [7, 11) is 1.49. The van der Waals surface area contributed by atoms with Gasteiger partial charge < -0.3 is 14.6 Å². The predicted molar refractivity (Wildman–Crippen MR) is 63.2 cm³/mol. The van der Waals surface area contributed by atoms with Crippen LogP contribution in [0.5, 0.6) is 5.75 Å². The van der Waals surface area contributed by atoms with Crippen LogP contribution in [0.25, 0.3) is 0 Å². The van der Waals surface area contributed by atoms with Gasteiger partial charge >= 0.3 is 6.18 Å². The number of benzene rings is 1. The van der Waals surface area contributed by atoms with Crippen LogP contribution in [0, 0.1) is 0 Å². The largest absolute Gasteiger partial charge is 0.497 e. The predicted octanol–water partition coefficient (Wildman–Crippen LogP) is 1.70. The zero-order valence-electron chi connectivity index (χ0n) is 10.7. The van der Waals surface area contributed by atoms with Crippen LogP contribution in [0.4, 0.5) is 13.2 Å². The Morgan fingerprint density at radius 2 is 2.20 bits per heavy atom. The normalized spacial score (nSPS) is 36.4. The summed E-state index contributed by atoms with van der Waals surface area (Å²) >= 11 is 0. The fraction of sp³-hybridized carbons (Fsp3) is 0.538. The van der Waals surface area contributed by atoms with Gasteiger partial charge in [-0.1, -0.05) is 12.1 Å². The molecule has 2 saturated heterocycles. The highest BCUT2D eigenvalue weighted by Gasteiger charge is 2.73. The molecule has 0 bridgehead atoms. The minimum Gasteiger partial charge on any atom is -0.497 e. The van der Waals surface area contributed by atoms with Gasteiger partial charge in [-0.3, -0.25) is 4.90 Å². The molecule has 1 aromatic rings. The van der Waals surface area contributed by atoms with Gasteiger partial charge in [0.25, 0.3) is 5.79 Å². The van der Waals surface area contributed by atoms with E-state index in [1.807, 2.05) is 0 Å². The Morgan fingerprint density at radius 1 is 1.45 bits per heavy atom. The standard InChI is InChI=1S/C13H14F3NO3/c1-19-9-4-2-3-8(7-9)10-11-12(18,13(14,15)16)20-6-5-17(10)11/h2-4,7,10-11,18H,5-6H2,1H3/t10-,11+,12+,17?/m0/s1. The molecule has 2 aliphatic rings. The van der Waals surface area contributed by atoms with E-state index in [4.69, 9.17) is 4.74 Å². The van der Waals surface area contributed by atoms with Crippen molar-refractivity contribution < 1.29 is 27.8 Å². The lowest BCUT2D eigenvalue weighted by atomic mass is 10.0. The van der Waals surface area contributed by atoms with E-state index in [1.165, 1.54) is 7.11 Å². The molecule has 0 aromatic heterocycles. The third kappa shape index (κ3) is 1.88. The number of hydrogen-bond acceptors (Lipinski definition) is 4. The molecule has 0 amide bonds. The number of rotatable bonds is 2. The Morgan fingerprint density at radius 3 is 2.85 bits per heavy atom. The van der Waals surface area contributed by atoms with E-state index >= 15 is 0 Å². The molecule has 0 saturated carbocycles. The van der Waals surface area contributed by atoms with Crippen molar-refractivity contribution in [3.8, 4) is 5.75 Å². The van der Waals surface area contributed by atoms with E-state index in [0.717, 1.165) is 0 Å². The first kappa shape index (κ1) is 13.7. The number of fused-ring (bicyclic) bond motifs is 1. The monoisotopic (exact) mass is 289 g/mol. The molecule has 2 aliphatic heterocycles. The van der Waals surface area contributed by atoms with Gasteiger partial charge in [0, 0.05) is 6.54 Å². The Bertz CT molecular complexity index is 522. The summed E-state index contributed by atoms with van der Waals surface area (Å²) in [5.41, 5.74) is 0.683. The molecule has 1 unspecified atom stereocenters. The first-order valence-electron chi connectivity index (χ1n) is 6.21. The van der Waals surface area contributed by atoms with Crippen molar-refractivity contribution in [2.45, 2.75) is 24.0 Å². The molecule has 4 atom stereocenters. The van der Waals surface area contributed by atoms with Gasteiger partial charge in [0.2, 0.25) is 0 Å². The van der Waals surface area contributed by atoms with E-state index < -0.39 is 24.0 Å². The zero-order chi connectivity index (χ0) is 14.5. The van der Waals surface area contributed by atoms with Crippen LogP contribution in [0.2, 0.25) is 0 Å². The molecule has 3 rings (SSSR count). The van der Waals surface area contributed by atoms with Gasteiger partial charge in [-0.05, 0) is 17.7 Å². The van der Waals surface area contributed by atoms with Crippen LogP contribution in [0.1, 0.15) is 11.6 Å². The SMILES string of the molecule is COc1cccc([C@H]2[C@H]3N2CCO[C@@]3(O)C(F)(F)F)c1. The van der Waals surface area contributed by atoms with Crippen molar-refractivity contribution >= 4 is 0 Å². The van der Waals surface area contributed by atoms with Gasteiger partial charge in [0.1, 0.15) is 5.75 Å². The van der Waals surface area contributed by atoms with Crippen LogP contribution >= 0.6 is 0 Å². The first-order chi connectivity index (χ1) is 9.38. The van der Waals surface area contributed by atoms with Crippen molar-refractivity contribution in [3.63, 3.8) is 0 Å². The van der Waals surface area contributed by atoms with E-state index in [1.54, 1.807) is 29.2 Å². The highest BCUT2D eigenvalue weighted by molar-refractivity contribution is 5.36. The number of nitrogens with zero attached hydrogens (tertiary/aromatic N) is 1. The minimum atomic E-state index is -4.82. The maximum absolute atomic E-state index is 13.0. The quantitative estimate of drug-likeness (QED) is 0.842. The number of halogens is 3. The lowest BCUT2D eigenvalue weighted by molar-refractivity contribution is -0.375. The van der Waals surface area contributed by atoms with Crippen molar-refractivity contribution in [1.82, 2.24) is 4.90 Å². The summed E-state index contributed by atoms with van der Waals surface area (Å²) in [4.78, 5) is 1.59. The molecule has 0 radical (unpaired) electrons. The molecule has 1 N–H and O–H groups in total. The zero-order valence-corrected chi connectivity index (χ0v) is 10.7. The molecule has 110 valence electrons. The number of alkyl halides is 3. The van der Waals surface area contributed by atoms with Gasteiger partial charge in [0.05, 0.1) is 25.8 Å². The average Bonchev–Trinajstić information content (AvgIpc) is 3.14. The van der Waals surface area contributed by atoms with Crippen molar-refractivity contribution in [3.05, 3.63) is 29.8 Å². The smallest absolute Gasteiger partial charge is 0.444 e. The average molecular weight is 289 g/mol. The van der Waals surface area contributed by atoms with Crippen LogP contribution in [-0.4, -0.2) is 48.3 Å². The van der Waals surface area contributed by atoms with Crippen LogP contribution in [0.3, 0.4) is 0 Å². The number of ether oxygens (including phenoxy) is 2. The summed E-state index contributed by atoms with van der Waals surface area (Å²) in [5.74, 6) is -2.53. The Hall–Kier alpha value is -1.31. The van der Waals surface area contributed by atoms with Gasteiger partial charge in [-0.15, -0.1) is 0 Å². The second kappa shape index (κ2) is 4.34. The van der Waals surface area contributed by atoms with Crippen LogP contribution in [-0.2, 0) is 4.74 Å². The summed E-state index contributed by atoms with van der Waals surface area (Å²) < 4.78 is 48.8. The number of aliphatic hydroxyl groups is 1. The minimum absolute atomic E-state index is 0.146. The summed E-state index contributed by atoms with van der Waals surface area (Å²) in [5, 5.41) is 9.86. The van der Waals surface area contributed by atoms with Crippen LogP contribution in [0.15, 0.2) is 24.3 Å². The fourth-order valence-electron chi connectivity index (χ4n) is 2.83. The van der Waals surface area contributed by atoms with Gasteiger partial charge in [-0.25, -0.2) is 0 Å². The topological polar surface area (TPSA) is 41.7 Å². The molecule has 1 aromatic carbocycles. The van der Waals surface area contributed by atoms with E-state index in [-0.39, 0.29) is 6.61 Å². The lowest BCUT2D eigenvalue weighted by Gasteiger charge is -2.33. The maximum Gasteiger partial charge on any atom is 0.444 e. The molecule has 4 nitrogen and oxygen atoms in total. The Labute approximate surface area is 113 Å². The number of methoxy groups -OCH3 is 1. The number of morpholine rings is 1. The second-order valence-electron chi connectivity index (χ2n) is 4.95. The molecule has 20 heavy (non-hydrogen) atoms. The van der Waals surface area contributed by atoms with Crippen molar-refractivity contribution in [2.75, 3.05) is 20.3 Å². The van der Waals surface area contributed by atoms with E-state index in [0.29, 0.717) is 17.9 Å². The Balaban J connectivity index is 1.91. The van der Waals surface area contributed by atoms with Crippen molar-refractivity contribution in [1.29, 1.82) is 0 Å². The van der Waals surface area contributed by atoms with E-state index in [2.05, 4.69) is 4.74 Å². The van der Waals surface area contributed by atoms with Crippen LogP contribution < -0.4 is 4.74 Å². The number of hydrogen-bond donors (Lipinski definition) is 1. The van der Waals surface area contributed by atoms with Crippen molar-refractivity contribution in [2.24, 2.45) is 0 Å². The summed E-state index contributed by atoms with van der Waals surface area (Å²) in [6.45, 7) is 0.220. The molecule has 7 heteroatoms. The second-order valence-corrected chi connectivity index (χ2v) is 4.95. The third-order valence-corrected chi connectivity index (χ3v) is 3.84. The molecule has 2 heterocycles. The highest BCUT2D eigenvalue weighted by atomic mass is 19.4. The first-order valence-corrected chi connectivity index (χ1v) is 6.21. The fourth-order valence-corrected chi connectivity index (χ4v) is 2.83. The summed E-state index contributed by atoms with van der Waals surface area (Å²) in [6, 6.07) is 5.24. The van der Waals surface area contributed by atoms with E-state index in [9.17, 15) is 18.3 Å². The summed E-state index contributed by atoms with van der Waals surface area (Å²) in [6.07, 6.45) is -4.82. The van der Waals surface area contributed by atoms with Gasteiger partial charge in [0.15, 0.2) is 0 Å². The maximum atomic E-state index is 13.0. The van der Waals surface area contributed by atoms with Gasteiger partial charge in [-0.2, -0.15) is 13.2 Å². The lowest BCUT2D eigenvalue weighted by Crippen LogP contribution is -2.56. The molecule has 2 fully saturated rings.